The van der Waals surface area contributed by atoms with Crippen LogP contribution >= 0.6 is 0 Å². The van der Waals surface area contributed by atoms with Crippen LogP contribution in [0.4, 0.5) is 0 Å². The van der Waals surface area contributed by atoms with Gasteiger partial charge in [-0.25, -0.2) is 5.01 Å². The lowest BCUT2D eigenvalue weighted by molar-refractivity contribution is -0.116. The molecule has 40 valence electrons. The molecule has 1 heterocycles. The lowest BCUT2D eigenvalue weighted by atomic mass is 10.4. The Morgan fingerprint density at radius 1 is 1.71 bits per heavy atom. The Hall–Kier alpha value is -0.410. The van der Waals surface area contributed by atoms with Gasteiger partial charge in [-0.05, 0) is 0 Å². The van der Waals surface area contributed by atoms with Crippen molar-refractivity contribution in [3.8, 4) is 0 Å². The van der Waals surface area contributed by atoms with Gasteiger partial charge >= 0.3 is 0 Å². The van der Waals surface area contributed by atoms with E-state index in [-0.39, 0.29) is 5.78 Å². The van der Waals surface area contributed by atoms with Gasteiger partial charge in [0.25, 0.3) is 0 Å². The molecule has 0 spiro atoms. The molecule has 1 saturated heterocycles. The lowest BCUT2D eigenvalue weighted by Gasteiger charge is -1.99. The first-order valence-electron chi connectivity index (χ1n) is 2.30. The zero-order valence-corrected chi connectivity index (χ0v) is 4.05. The Bertz CT molecular complexity index is 91.7. The summed E-state index contributed by atoms with van der Waals surface area (Å²) in [4.78, 5) is 10.3. The zero-order valence-electron chi connectivity index (χ0n) is 4.05. The summed E-state index contributed by atoms with van der Waals surface area (Å²) in [6.07, 6.45) is 0.635. The summed E-state index contributed by atoms with van der Waals surface area (Å²) in [5.74, 6) is 5.49. The van der Waals surface area contributed by atoms with E-state index in [4.69, 9.17) is 5.84 Å². The molecule has 0 aliphatic carbocycles. The van der Waals surface area contributed by atoms with Crippen LogP contribution in [0.2, 0.25) is 0 Å². The third-order valence-electron chi connectivity index (χ3n) is 1.06. The Morgan fingerprint density at radius 2 is 2.43 bits per heavy atom. The van der Waals surface area contributed by atoms with Gasteiger partial charge in [-0.1, -0.05) is 0 Å². The first kappa shape index (κ1) is 4.74. The van der Waals surface area contributed by atoms with Crippen LogP contribution in [0.3, 0.4) is 0 Å². The van der Waals surface area contributed by atoms with E-state index in [0.717, 1.165) is 6.54 Å². The molecule has 7 heavy (non-hydrogen) atoms. The molecule has 0 radical (unpaired) electrons. The summed E-state index contributed by atoms with van der Waals surface area (Å²) >= 11 is 0. The highest BCUT2D eigenvalue weighted by molar-refractivity contribution is 5.82. The average molecular weight is 100 g/mol. The molecule has 0 aromatic heterocycles. The van der Waals surface area contributed by atoms with Crippen LogP contribution in [-0.4, -0.2) is 23.9 Å². The van der Waals surface area contributed by atoms with Crippen LogP contribution in [0.15, 0.2) is 0 Å². The maximum Gasteiger partial charge on any atom is 0.149 e. The highest BCUT2D eigenvalue weighted by Gasteiger charge is 2.14. The molecule has 3 nitrogen and oxygen atoms in total. The molecule has 1 aliphatic rings. The number of hydrazine groups is 1. The molecule has 0 amide bonds. The molecule has 1 rings (SSSR count). The summed E-state index contributed by atoms with van der Waals surface area (Å²) in [6, 6.07) is 0. The third-order valence-corrected chi connectivity index (χ3v) is 1.06. The Morgan fingerprint density at radius 3 is 2.57 bits per heavy atom. The Labute approximate surface area is 42.1 Å². The molecule has 0 aromatic rings. The van der Waals surface area contributed by atoms with E-state index in [2.05, 4.69) is 0 Å². The van der Waals surface area contributed by atoms with Crippen molar-refractivity contribution in [3.63, 3.8) is 0 Å². The standard InChI is InChI=1S/C4H8N2O/c5-6-2-1-4(7)3-6/h1-3,5H2. The van der Waals surface area contributed by atoms with Gasteiger partial charge in [0.1, 0.15) is 5.78 Å². The third kappa shape index (κ3) is 0.976. The predicted octanol–water partition coefficient (Wildman–Crippen LogP) is -0.865. The maximum atomic E-state index is 10.3. The van der Waals surface area contributed by atoms with Crippen molar-refractivity contribution < 1.29 is 4.79 Å². The monoisotopic (exact) mass is 100 g/mol. The topological polar surface area (TPSA) is 46.3 Å². The van der Waals surface area contributed by atoms with Crippen molar-refractivity contribution in [2.24, 2.45) is 5.84 Å². The van der Waals surface area contributed by atoms with Gasteiger partial charge in [-0.2, -0.15) is 0 Å². The normalized spacial score (nSPS) is 23.9. The van der Waals surface area contributed by atoms with Crippen molar-refractivity contribution in [3.05, 3.63) is 0 Å². The van der Waals surface area contributed by atoms with Gasteiger partial charge in [-0.15, -0.1) is 0 Å². The van der Waals surface area contributed by atoms with E-state index in [1.165, 1.54) is 5.01 Å². The highest BCUT2D eigenvalue weighted by Crippen LogP contribution is 1.95. The molecule has 1 fully saturated rings. The van der Waals surface area contributed by atoms with Gasteiger partial charge in [-0.3, -0.25) is 10.6 Å². The van der Waals surface area contributed by atoms with Crippen LogP contribution in [0.25, 0.3) is 0 Å². The van der Waals surface area contributed by atoms with Crippen LogP contribution in [0, 0.1) is 0 Å². The minimum atomic E-state index is 0.252. The molecular weight excluding hydrogens is 92.1 g/mol. The van der Waals surface area contributed by atoms with Crippen LogP contribution in [0.5, 0.6) is 0 Å². The zero-order chi connectivity index (χ0) is 5.28. The van der Waals surface area contributed by atoms with E-state index in [9.17, 15) is 4.79 Å². The van der Waals surface area contributed by atoms with E-state index in [1.54, 1.807) is 0 Å². The molecular formula is C4H8N2O. The van der Waals surface area contributed by atoms with Crippen LogP contribution < -0.4 is 5.84 Å². The molecule has 3 heteroatoms. The summed E-state index contributed by atoms with van der Waals surface area (Å²) in [7, 11) is 0. The summed E-state index contributed by atoms with van der Waals surface area (Å²) < 4.78 is 0. The summed E-state index contributed by atoms with van der Waals surface area (Å²) in [5.41, 5.74) is 0. The second-order valence-corrected chi connectivity index (χ2v) is 1.76. The summed E-state index contributed by atoms with van der Waals surface area (Å²) in [5, 5.41) is 1.53. The number of carbonyl (C=O) groups excluding carboxylic acids is 1. The number of rotatable bonds is 0. The largest absolute Gasteiger partial charge is 0.298 e. The Balaban J connectivity index is 2.40. The van der Waals surface area contributed by atoms with Gasteiger partial charge in [0.2, 0.25) is 0 Å². The van der Waals surface area contributed by atoms with Gasteiger partial charge in [0, 0.05) is 13.0 Å². The SMILES string of the molecule is NN1CCC(=O)C1. The molecule has 2 N–H and O–H groups in total. The van der Waals surface area contributed by atoms with Gasteiger partial charge in [0.05, 0.1) is 6.54 Å². The number of hydrogen-bond donors (Lipinski definition) is 1. The maximum absolute atomic E-state index is 10.3. The van der Waals surface area contributed by atoms with E-state index in [1.807, 2.05) is 0 Å². The fraction of sp³-hybridized carbons (Fsp3) is 0.750. The van der Waals surface area contributed by atoms with Gasteiger partial charge in [0.15, 0.2) is 0 Å². The molecule has 1 aliphatic heterocycles. The predicted molar refractivity (Wildman–Crippen MR) is 25.4 cm³/mol. The molecule has 0 aromatic carbocycles. The Kier molecular flexibility index (Phi) is 1.08. The first-order chi connectivity index (χ1) is 3.29. The van der Waals surface area contributed by atoms with Crippen molar-refractivity contribution in [1.29, 1.82) is 0 Å². The molecule has 0 atom stereocenters. The van der Waals surface area contributed by atoms with E-state index < -0.39 is 0 Å². The molecule has 0 unspecified atom stereocenters. The van der Waals surface area contributed by atoms with Crippen LogP contribution in [-0.2, 0) is 4.79 Å². The minimum absolute atomic E-state index is 0.252. The fourth-order valence-electron chi connectivity index (χ4n) is 0.653. The van der Waals surface area contributed by atoms with E-state index >= 15 is 0 Å². The van der Waals surface area contributed by atoms with Crippen molar-refractivity contribution in [2.75, 3.05) is 13.1 Å². The lowest BCUT2D eigenvalue weighted by Crippen LogP contribution is -2.27. The van der Waals surface area contributed by atoms with Crippen molar-refractivity contribution in [2.45, 2.75) is 6.42 Å². The number of ketones is 1. The number of hydrogen-bond acceptors (Lipinski definition) is 3. The number of Topliss-reactive ketones (excluding diaryl/α,β-unsaturated/α-hetero) is 1. The second kappa shape index (κ2) is 1.60. The molecule has 0 bridgehead atoms. The number of nitrogens with zero attached hydrogens (tertiary/aromatic N) is 1. The number of nitrogens with two attached hydrogens (primary N) is 1. The van der Waals surface area contributed by atoms with Crippen LogP contribution in [0.1, 0.15) is 6.42 Å². The van der Waals surface area contributed by atoms with E-state index in [0.29, 0.717) is 13.0 Å². The highest BCUT2D eigenvalue weighted by atomic mass is 16.1. The number of carbonyl (C=O) groups is 1. The average Bonchev–Trinajstić information content (AvgIpc) is 1.87. The fourth-order valence-corrected chi connectivity index (χ4v) is 0.653. The smallest absolute Gasteiger partial charge is 0.149 e. The quantitative estimate of drug-likeness (QED) is 0.403. The second-order valence-electron chi connectivity index (χ2n) is 1.76. The first-order valence-corrected chi connectivity index (χ1v) is 2.30. The van der Waals surface area contributed by atoms with Crippen molar-refractivity contribution >= 4 is 5.78 Å². The molecule has 0 saturated carbocycles. The summed E-state index contributed by atoms with van der Waals surface area (Å²) in [6.45, 7) is 1.18. The van der Waals surface area contributed by atoms with Crippen molar-refractivity contribution in [1.82, 2.24) is 5.01 Å². The minimum Gasteiger partial charge on any atom is -0.298 e. The van der Waals surface area contributed by atoms with Gasteiger partial charge < -0.3 is 0 Å².